The lowest BCUT2D eigenvalue weighted by Gasteiger charge is -2.37. The molecule has 0 bridgehead atoms. The van der Waals surface area contributed by atoms with E-state index in [-0.39, 0.29) is 35.6 Å². The molecule has 3 rings (SSSR count). The van der Waals surface area contributed by atoms with Crippen molar-refractivity contribution in [2.45, 2.75) is 13.0 Å². The highest BCUT2D eigenvalue weighted by molar-refractivity contribution is 14.0. The Hall–Kier alpha value is -1.27. The number of guanidine groups is 1. The van der Waals surface area contributed by atoms with Crippen molar-refractivity contribution < 1.29 is 17.9 Å². The third-order valence-corrected chi connectivity index (χ3v) is 7.48. The van der Waals surface area contributed by atoms with Gasteiger partial charge in [0.1, 0.15) is 11.5 Å². The Balaban J connectivity index is 0.00000320. The van der Waals surface area contributed by atoms with Crippen LogP contribution in [0.5, 0.6) is 11.5 Å². The van der Waals surface area contributed by atoms with Gasteiger partial charge >= 0.3 is 0 Å². The Kier molecular flexibility index (Phi) is 9.48. The molecule has 2 fully saturated rings. The molecule has 8 nitrogen and oxygen atoms in total. The smallest absolute Gasteiger partial charge is 0.193 e. The summed E-state index contributed by atoms with van der Waals surface area (Å²) in [7, 11) is 2.30. The van der Waals surface area contributed by atoms with Gasteiger partial charge in [0.05, 0.1) is 25.7 Å². The Morgan fingerprint density at radius 3 is 2.50 bits per heavy atom. The molecule has 0 radical (unpaired) electrons. The number of nitrogens with zero attached hydrogens (tertiary/aromatic N) is 3. The van der Waals surface area contributed by atoms with Crippen LogP contribution in [0.4, 0.5) is 0 Å². The average molecular weight is 552 g/mol. The predicted molar refractivity (Wildman–Crippen MR) is 130 cm³/mol. The lowest BCUT2D eigenvalue weighted by atomic mass is 10.1. The van der Waals surface area contributed by atoms with Gasteiger partial charge in [-0.05, 0) is 30.5 Å². The molecule has 0 amide bonds. The summed E-state index contributed by atoms with van der Waals surface area (Å²) in [6.45, 7) is 5.04. The van der Waals surface area contributed by atoms with Crippen molar-refractivity contribution >= 4 is 39.8 Å². The van der Waals surface area contributed by atoms with Gasteiger partial charge in [-0.3, -0.25) is 9.89 Å². The second-order valence-corrected chi connectivity index (χ2v) is 9.87. The molecule has 0 saturated carbocycles. The number of rotatable bonds is 6. The minimum atomic E-state index is -2.84. The summed E-state index contributed by atoms with van der Waals surface area (Å²) in [5.41, 5.74) is 1.12. The fourth-order valence-corrected chi connectivity index (χ4v) is 5.83. The maximum Gasteiger partial charge on any atom is 0.193 e. The molecule has 170 valence electrons. The summed E-state index contributed by atoms with van der Waals surface area (Å²) in [4.78, 5) is 9.03. The molecule has 10 heteroatoms. The van der Waals surface area contributed by atoms with Crippen molar-refractivity contribution in [3.05, 3.63) is 23.8 Å². The van der Waals surface area contributed by atoms with E-state index in [4.69, 9.17) is 9.47 Å². The predicted octanol–water partition coefficient (Wildman–Crippen LogP) is 1.45. The molecule has 1 aromatic rings. The van der Waals surface area contributed by atoms with E-state index in [2.05, 4.69) is 20.1 Å². The number of piperazine rings is 1. The van der Waals surface area contributed by atoms with E-state index in [9.17, 15) is 8.42 Å². The summed E-state index contributed by atoms with van der Waals surface area (Å²) >= 11 is 0. The van der Waals surface area contributed by atoms with Gasteiger partial charge in [0, 0.05) is 51.9 Å². The molecule has 0 aliphatic carbocycles. The first-order valence-corrected chi connectivity index (χ1v) is 11.9. The quantitative estimate of drug-likeness (QED) is 0.325. The van der Waals surface area contributed by atoms with E-state index in [1.54, 1.807) is 21.3 Å². The molecule has 30 heavy (non-hydrogen) atoms. The van der Waals surface area contributed by atoms with Crippen LogP contribution >= 0.6 is 24.0 Å². The SMILES string of the molecule is CN=C(NCC1CCS(=O)(=O)C1)N1CCN(Cc2cc(OC)ccc2OC)CC1.I. The number of hydrogen-bond donors (Lipinski definition) is 1. The van der Waals surface area contributed by atoms with Gasteiger partial charge in [-0.25, -0.2) is 8.42 Å². The van der Waals surface area contributed by atoms with E-state index < -0.39 is 9.84 Å². The van der Waals surface area contributed by atoms with Crippen LogP contribution in [-0.4, -0.2) is 89.7 Å². The summed E-state index contributed by atoms with van der Waals surface area (Å²) in [6, 6.07) is 5.88. The number of methoxy groups -OCH3 is 2. The van der Waals surface area contributed by atoms with Crippen molar-refractivity contribution in [3.63, 3.8) is 0 Å². The zero-order valence-corrected chi connectivity index (χ0v) is 21.1. The van der Waals surface area contributed by atoms with Crippen molar-refractivity contribution in [1.29, 1.82) is 0 Å². The molecule has 1 unspecified atom stereocenters. The molecule has 1 N–H and O–H groups in total. The fraction of sp³-hybridized carbons (Fsp3) is 0.650. The van der Waals surface area contributed by atoms with Gasteiger partial charge in [-0.2, -0.15) is 0 Å². The summed E-state index contributed by atoms with van der Waals surface area (Å²) in [5, 5.41) is 3.37. The van der Waals surface area contributed by atoms with Crippen molar-refractivity contribution in [2.75, 3.05) is 65.5 Å². The minimum Gasteiger partial charge on any atom is -0.497 e. The third-order valence-electron chi connectivity index (χ3n) is 5.64. The van der Waals surface area contributed by atoms with Gasteiger partial charge in [-0.1, -0.05) is 0 Å². The highest BCUT2D eigenvalue weighted by atomic mass is 127. The highest BCUT2D eigenvalue weighted by Crippen LogP contribution is 2.25. The number of sulfone groups is 1. The molecule has 0 spiro atoms. The van der Waals surface area contributed by atoms with Gasteiger partial charge in [0.25, 0.3) is 0 Å². The number of benzene rings is 1. The number of nitrogens with one attached hydrogen (secondary N) is 1. The first kappa shape index (κ1) is 25.0. The third kappa shape index (κ3) is 6.61. The van der Waals surface area contributed by atoms with Gasteiger partial charge < -0.3 is 19.7 Å². The first-order valence-electron chi connectivity index (χ1n) is 10.0. The molecular weight excluding hydrogens is 519 g/mol. The fourth-order valence-electron chi connectivity index (χ4n) is 3.97. The van der Waals surface area contributed by atoms with E-state index in [0.717, 1.165) is 62.2 Å². The lowest BCUT2D eigenvalue weighted by molar-refractivity contribution is 0.170. The molecular formula is C20H33IN4O4S. The van der Waals surface area contributed by atoms with Crippen LogP contribution in [0.1, 0.15) is 12.0 Å². The van der Waals surface area contributed by atoms with Crippen LogP contribution in [0.2, 0.25) is 0 Å². The van der Waals surface area contributed by atoms with E-state index in [1.807, 2.05) is 18.2 Å². The zero-order valence-electron chi connectivity index (χ0n) is 18.0. The van der Waals surface area contributed by atoms with Gasteiger partial charge in [-0.15, -0.1) is 24.0 Å². The molecule has 1 aromatic carbocycles. The van der Waals surface area contributed by atoms with E-state index in [1.165, 1.54) is 0 Å². The molecule has 1 atom stereocenters. The largest absolute Gasteiger partial charge is 0.497 e. The Morgan fingerprint density at radius 2 is 1.93 bits per heavy atom. The van der Waals surface area contributed by atoms with Crippen LogP contribution < -0.4 is 14.8 Å². The van der Waals surface area contributed by atoms with E-state index >= 15 is 0 Å². The van der Waals surface area contributed by atoms with Crippen LogP contribution in [-0.2, 0) is 16.4 Å². The molecule has 0 aromatic heterocycles. The summed E-state index contributed by atoms with van der Waals surface area (Å²) in [6.07, 6.45) is 0.739. The maximum atomic E-state index is 11.6. The highest BCUT2D eigenvalue weighted by Gasteiger charge is 2.28. The average Bonchev–Trinajstić information content (AvgIpc) is 3.08. The van der Waals surface area contributed by atoms with Crippen LogP contribution in [0.25, 0.3) is 0 Å². The monoisotopic (exact) mass is 552 g/mol. The second-order valence-electron chi connectivity index (χ2n) is 7.64. The first-order chi connectivity index (χ1) is 13.9. The van der Waals surface area contributed by atoms with Gasteiger partial charge in [0.2, 0.25) is 0 Å². The van der Waals surface area contributed by atoms with Crippen LogP contribution in [0.3, 0.4) is 0 Å². The molecule has 2 aliphatic rings. The Labute approximate surface area is 196 Å². The van der Waals surface area contributed by atoms with Crippen molar-refractivity contribution in [2.24, 2.45) is 10.9 Å². The summed E-state index contributed by atoms with van der Waals surface area (Å²) in [5.74, 6) is 3.33. The molecule has 2 heterocycles. The number of aliphatic imine (C=N–C) groups is 1. The molecule has 2 aliphatic heterocycles. The van der Waals surface area contributed by atoms with Crippen LogP contribution in [0, 0.1) is 5.92 Å². The second kappa shape index (κ2) is 11.4. The Morgan fingerprint density at radius 1 is 1.20 bits per heavy atom. The number of halogens is 1. The maximum absolute atomic E-state index is 11.6. The zero-order chi connectivity index (χ0) is 20.9. The van der Waals surface area contributed by atoms with Crippen LogP contribution in [0.15, 0.2) is 23.2 Å². The van der Waals surface area contributed by atoms with E-state index in [0.29, 0.717) is 12.3 Å². The van der Waals surface area contributed by atoms with Crippen molar-refractivity contribution in [1.82, 2.24) is 15.1 Å². The van der Waals surface area contributed by atoms with Crippen molar-refractivity contribution in [3.8, 4) is 11.5 Å². The summed E-state index contributed by atoms with van der Waals surface area (Å²) < 4.78 is 34.1. The number of ether oxygens (including phenoxy) is 2. The van der Waals surface area contributed by atoms with Gasteiger partial charge in [0.15, 0.2) is 15.8 Å². The minimum absolute atomic E-state index is 0. The lowest BCUT2D eigenvalue weighted by Crippen LogP contribution is -2.52. The Bertz CT molecular complexity index is 826. The normalized spacial score (nSPS) is 21.8. The number of hydrogen-bond acceptors (Lipinski definition) is 6. The standard InChI is InChI=1S/C20H32N4O4S.HI/c1-21-20(22-13-16-6-11-29(25,26)15-16)24-9-7-23(8-10-24)14-17-12-18(27-2)4-5-19(17)28-3;/h4-5,12,16H,6-11,13-15H2,1-3H3,(H,21,22);1H. The molecule has 2 saturated heterocycles. The topological polar surface area (TPSA) is 83.5 Å².